The Labute approximate surface area is 89.3 Å². The van der Waals surface area contributed by atoms with E-state index in [4.69, 9.17) is 5.73 Å². The molecule has 1 atom stereocenters. The quantitative estimate of drug-likeness (QED) is 0.795. The standard InChI is InChI=1S/C11H16N2S/c12-6-7-13-10-5-8-14-11-4-2-1-3-9(10)11/h1-4,10,13H,5-8,12H2. The number of thioether (sulfide) groups is 1. The van der Waals surface area contributed by atoms with Gasteiger partial charge in [-0.3, -0.25) is 0 Å². The van der Waals surface area contributed by atoms with Crippen LogP contribution in [0.4, 0.5) is 0 Å². The van der Waals surface area contributed by atoms with E-state index in [-0.39, 0.29) is 0 Å². The topological polar surface area (TPSA) is 38.0 Å². The van der Waals surface area contributed by atoms with Crippen LogP contribution >= 0.6 is 11.8 Å². The Bertz CT molecular complexity index is 301. The summed E-state index contributed by atoms with van der Waals surface area (Å²) < 4.78 is 0. The summed E-state index contributed by atoms with van der Waals surface area (Å²) >= 11 is 1.95. The molecule has 0 radical (unpaired) electrons. The molecular weight excluding hydrogens is 192 g/mol. The van der Waals surface area contributed by atoms with Crippen LogP contribution in [0.3, 0.4) is 0 Å². The summed E-state index contributed by atoms with van der Waals surface area (Å²) in [6, 6.07) is 9.15. The molecule has 14 heavy (non-hydrogen) atoms. The first-order valence-corrected chi connectivity index (χ1v) is 6.05. The molecule has 3 heteroatoms. The minimum absolute atomic E-state index is 0.510. The summed E-state index contributed by atoms with van der Waals surface area (Å²) in [6.07, 6.45) is 1.21. The second-order valence-electron chi connectivity index (χ2n) is 3.47. The van der Waals surface area contributed by atoms with Crippen LogP contribution in [0.1, 0.15) is 18.0 Å². The first kappa shape index (κ1) is 10.0. The largest absolute Gasteiger partial charge is 0.329 e. The minimum Gasteiger partial charge on any atom is -0.329 e. The Morgan fingerprint density at radius 3 is 3.14 bits per heavy atom. The Kier molecular flexibility index (Phi) is 3.45. The second kappa shape index (κ2) is 4.82. The van der Waals surface area contributed by atoms with Gasteiger partial charge in [0, 0.05) is 24.0 Å². The fraction of sp³-hybridized carbons (Fsp3) is 0.455. The molecule has 1 unspecified atom stereocenters. The summed E-state index contributed by atoms with van der Waals surface area (Å²) in [5.41, 5.74) is 6.94. The molecule has 0 aliphatic carbocycles. The molecule has 76 valence electrons. The van der Waals surface area contributed by atoms with E-state index in [0.29, 0.717) is 12.6 Å². The van der Waals surface area contributed by atoms with Gasteiger partial charge in [-0.1, -0.05) is 18.2 Å². The molecule has 0 aromatic heterocycles. The fourth-order valence-corrected chi connectivity index (χ4v) is 2.94. The fourth-order valence-electron chi connectivity index (χ4n) is 1.81. The lowest BCUT2D eigenvalue weighted by Gasteiger charge is -2.25. The number of hydrogen-bond acceptors (Lipinski definition) is 3. The Hall–Kier alpha value is -0.510. The molecular formula is C11H16N2S. The van der Waals surface area contributed by atoms with Crippen molar-refractivity contribution in [3.63, 3.8) is 0 Å². The molecule has 0 saturated carbocycles. The van der Waals surface area contributed by atoms with E-state index >= 15 is 0 Å². The van der Waals surface area contributed by atoms with Crippen molar-refractivity contribution in [2.24, 2.45) is 5.73 Å². The molecule has 0 saturated heterocycles. The van der Waals surface area contributed by atoms with Crippen LogP contribution in [-0.2, 0) is 0 Å². The smallest absolute Gasteiger partial charge is 0.0339 e. The van der Waals surface area contributed by atoms with Gasteiger partial charge in [0.25, 0.3) is 0 Å². The molecule has 1 aliphatic rings. The monoisotopic (exact) mass is 208 g/mol. The molecule has 2 nitrogen and oxygen atoms in total. The van der Waals surface area contributed by atoms with Gasteiger partial charge < -0.3 is 11.1 Å². The van der Waals surface area contributed by atoms with E-state index in [1.165, 1.54) is 22.6 Å². The van der Waals surface area contributed by atoms with Gasteiger partial charge in [0.2, 0.25) is 0 Å². The molecule has 3 N–H and O–H groups in total. The van der Waals surface area contributed by atoms with Crippen molar-refractivity contribution in [3.05, 3.63) is 29.8 Å². The third kappa shape index (κ3) is 2.11. The highest BCUT2D eigenvalue weighted by Crippen LogP contribution is 2.35. The molecule has 1 heterocycles. The van der Waals surface area contributed by atoms with Gasteiger partial charge in [0.1, 0.15) is 0 Å². The second-order valence-corrected chi connectivity index (χ2v) is 4.61. The average molecular weight is 208 g/mol. The third-order valence-corrected chi connectivity index (χ3v) is 3.62. The zero-order valence-electron chi connectivity index (χ0n) is 8.20. The van der Waals surface area contributed by atoms with Crippen molar-refractivity contribution in [3.8, 4) is 0 Å². The molecule has 1 aliphatic heterocycles. The Morgan fingerprint density at radius 2 is 2.29 bits per heavy atom. The highest BCUT2D eigenvalue weighted by Gasteiger charge is 2.18. The van der Waals surface area contributed by atoms with Crippen LogP contribution in [-0.4, -0.2) is 18.8 Å². The van der Waals surface area contributed by atoms with Gasteiger partial charge in [-0.25, -0.2) is 0 Å². The predicted octanol–water partition coefficient (Wildman–Crippen LogP) is 1.77. The maximum Gasteiger partial charge on any atom is 0.0339 e. The number of nitrogens with two attached hydrogens (primary N) is 1. The van der Waals surface area contributed by atoms with Crippen LogP contribution in [0.15, 0.2) is 29.2 Å². The van der Waals surface area contributed by atoms with Gasteiger partial charge in [0.05, 0.1) is 0 Å². The van der Waals surface area contributed by atoms with Crippen LogP contribution in [0.5, 0.6) is 0 Å². The third-order valence-electron chi connectivity index (χ3n) is 2.49. The summed E-state index contributed by atoms with van der Waals surface area (Å²) in [5.74, 6) is 1.21. The van der Waals surface area contributed by atoms with Crippen molar-refractivity contribution in [2.75, 3.05) is 18.8 Å². The van der Waals surface area contributed by atoms with Crippen LogP contribution in [0.25, 0.3) is 0 Å². The van der Waals surface area contributed by atoms with E-state index in [2.05, 4.69) is 29.6 Å². The zero-order valence-corrected chi connectivity index (χ0v) is 9.02. The average Bonchev–Trinajstić information content (AvgIpc) is 2.26. The zero-order chi connectivity index (χ0) is 9.80. The lowest BCUT2D eigenvalue weighted by molar-refractivity contribution is 0.518. The summed E-state index contributed by atoms with van der Waals surface area (Å²) in [4.78, 5) is 1.42. The molecule has 2 rings (SSSR count). The molecule has 0 bridgehead atoms. The summed E-state index contributed by atoms with van der Waals surface area (Å²) in [7, 11) is 0. The summed E-state index contributed by atoms with van der Waals surface area (Å²) in [6.45, 7) is 1.62. The lowest BCUT2D eigenvalue weighted by atomic mass is 10.0. The van der Waals surface area contributed by atoms with Gasteiger partial charge >= 0.3 is 0 Å². The van der Waals surface area contributed by atoms with E-state index in [1.54, 1.807) is 0 Å². The molecule has 1 aromatic rings. The number of nitrogens with one attached hydrogen (secondary N) is 1. The maximum atomic E-state index is 5.50. The Balaban J connectivity index is 2.14. The first-order chi connectivity index (χ1) is 6.92. The maximum absolute atomic E-state index is 5.50. The van der Waals surface area contributed by atoms with E-state index in [1.807, 2.05) is 11.8 Å². The SMILES string of the molecule is NCCNC1CCSc2ccccc21. The van der Waals surface area contributed by atoms with Crippen molar-refractivity contribution >= 4 is 11.8 Å². The minimum atomic E-state index is 0.510. The lowest BCUT2D eigenvalue weighted by Crippen LogP contribution is -2.29. The number of benzene rings is 1. The van der Waals surface area contributed by atoms with Crippen molar-refractivity contribution < 1.29 is 0 Å². The van der Waals surface area contributed by atoms with Crippen molar-refractivity contribution in [1.29, 1.82) is 0 Å². The highest BCUT2D eigenvalue weighted by molar-refractivity contribution is 7.99. The van der Waals surface area contributed by atoms with Gasteiger partial charge in [0.15, 0.2) is 0 Å². The predicted molar refractivity (Wildman–Crippen MR) is 61.6 cm³/mol. The first-order valence-electron chi connectivity index (χ1n) is 5.07. The Morgan fingerprint density at radius 1 is 1.43 bits per heavy atom. The van der Waals surface area contributed by atoms with Crippen LogP contribution in [0.2, 0.25) is 0 Å². The van der Waals surface area contributed by atoms with Crippen LogP contribution < -0.4 is 11.1 Å². The molecule has 0 spiro atoms. The van der Waals surface area contributed by atoms with Crippen molar-refractivity contribution in [1.82, 2.24) is 5.32 Å². The normalized spacial score (nSPS) is 20.5. The van der Waals surface area contributed by atoms with E-state index < -0.39 is 0 Å². The van der Waals surface area contributed by atoms with Gasteiger partial charge in [-0.2, -0.15) is 0 Å². The molecule has 0 amide bonds. The number of hydrogen-bond donors (Lipinski definition) is 2. The highest BCUT2D eigenvalue weighted by atomic mass is 32.2. The van der Waals surface area contributed by atoms with E-state index in [0.717, 1.165) is 6.54 Å². The number of fused-ring (bicyclic) bond motifs is 1. The van der Waals surface area contributed by atoms with Crippen molar-refractivity contribution in [2.45, 2.75) is 17.4 Å². The number of rotatable bonds is 3. The summed E-state index contributed by atoms with van der Waals surface area (Å²) in [5, 5.41) is 3.49. The van der Waals surface area contributed by atoms with Gasteiger partial charge in [-0.15, -0.1) is 11.8 Å². The van der Waals surface area contributed by atoms with Gasteiger partial charge in [-0.05, 0) is 23.8 Å². The molecule has 0 fully saturated rings. The molecule has 1 aromatic carbocycles. The van der Waals surface area contributed by atoms with E-state index in [9.17, 15) is 0 Å². The van der Waals surface area contributed by atoms with Crippen LogP contribution in [0, 0.1) is 0 Å².